The molecule has 0 spiro atoms. The lowest BCUT2D eigenvalue weighted by Crippen LogP contribution is -2.20. The Morgan fingerprint density at radius 2 is 1.95 bits per heavy atom. The number of aryl methyl sites for hydroxylation is 2. The summed E-state index contributed by atoms with van der Waals surface area (Å²) in [6.45, 7) is 5.23. The quantitative estimate of drug-likeness (QED) is 0.892. The molecule has 2 aromatic rings. The minimum atomic E-state index is -0.996. The number of nitrogens with zero attached hydrogens (tertiary/aromatic N) is 3. The summed E-state index contributed by atoms with van der Waals surface area (Å²) < 4.78 is 5.48. The first kappa shape index (κ1) is 12.0. The van der Waals surface area contributed by atoms with Crippen LogP contribution in [0.4, 0.5) is 5.82 Å². The molecule has 6 heteroatoms. The normalized spacial score (nSPS) is 15.4. The third-order valence-electron chi connectivity index (χ3n) is 3.44. The fraction of sp³-hybridized carbons (Fsp3) is 0.462. The van der Waals surface area contributed by atoms with Gasteiger partial charge in [-0.25, -0.2) is 9.78 Å². The van der Waals surface area contributed by atoms with Gasteiger partial charge in [-0.15, -0.1) is 0 Å². The van der Waals surface area contributed by atoms with Gasteiger partial charge in [0.05, 0.1) is 5.39 Å². The van der Waals surface area contributed by atoms with E-state index in [2.05, 4.69) is 14.9 Å². The molecule has 1 saturated heterocycles. The van der Waals surface area contributed by atoms with Crippen LogP contribution in [0.2, 0.25) is 0 Å². The van der Waals surface area contributed by atoms with E-state index in [-0.39, 0.29) is 5.56 Å². The van der Waals surface area contributed by atoms with Crippen LogP contribution in [-0.4, -0.2) is 34.1 Å². The average Bonchev–Trinajstić information content (AvgIpc) is 2.93. The topological polar surface area (TPSA) is 79.5 Å². The van der Waals surface area contributed by atoms with Crippen LogP contribution in [0.15, 0.2) is 4.42 Å². The van der Waals surface area contributed by atoms with E-state index in [9.17, 15) is 9.90 Å². The summed E-state index contributed by atoms with van der Waals surface area (Å²) in [5, 5.41) is 9.88. The summed E-state index contributed by atoms with van der Waals surface area (Å²) in [7, 11) is 0. The number of fused-ring (bicyclic) bond motifs is 1. The first-order valence-electron chi connectivity index (χ1n) is 6.34. The number of hydrogen-bond donors (Lipinski definition) is 1. The largest absolute Gasteiger partial charge is 0.478 e. The Bertz CT molecular complexity index is 657. The third-order valence-corrected chi connectivity index (χ3v) is 3.44. The number of furan rings is 1. The molecule has 0 saturated carbocycles. The Morgan fingerprint density at radius 1 is 1.26 bits per heavy atom. The lowest BCUT2D eigenvalue weighted by Gasteiger charge is -2.17. The Kier molecular flexibility index (Phi) is 2.66. The second-order valence-electron chi connectivity index (χ2n) is 4.81. The molecule has 3 rings (SSSR count). The molecule has 0 radical (unpaired) electrons. The molecular formula is C13H15N3O3. The molecule has 0 atom stereocenters. The predicted octanol–water partition coefficient (Wildman–Crippen LogP) is 2.14. The van der Waals surface area contributed by atoms with Crippen molar-refractivity contribution in [2.45, 2.75) is 26.7 Å². The molecule has 19 heavy (non-hydrogen) atoms. The van der Waals surface area contributed by atoms with Crippen molar-refractivity contribution < 1.29 is 14.3 Å². The van der Waals surface area contributed by atoms with Gasteiger partial charge in [0, 0.05) is 13.1 Å². The van der Waals surface area contributed by atoms with Crippen molar-refractivity contribution in [1.82, 2.24) is 9.97 Å². The fourth-order valence-corrected chi connectivity index (χ4v) is 2.61. The van der Waals surface area contributed by atoms with Crippen LogP contribution in [-0.2, 0) is 0 Å². The molecule has 1 aliphatic rings. The lowest BCUT2D eigenvalue weighted by atomic mass is 10.2. The summed E-state index contributed by atoms with van der Waals surface area (Å²) in [6, 6.07) is 0. The highest BCUT2D eigenvalue weighted by Crippen LogP contribution is 2.33. The number of anilines is 1. The first-order chi connectivity index (χ1) is 9.08. The molecule has 1 aliphatic heterocycles. The van der Waals surface area contributed by atoms with E-state index in [1.807, 2.05) is 0 Å². The van der Waals surface area contributed by atoms with E-state index in [1.165, 1.54) is 0 Å². The number of aromatic carboxylic acids is 1. The molecule has 100 valence electrons. The highest BCUT2D eigenvalue weighted by atomic mass is 16.4. The molecule has 6 nitrogen and oxygen atoms in total. The maximum absolute atomic E-state index is 11.4. The molecule has 0 aliphatic carbocycles. The first-order valence-corrected chi connectivity index (χ1v) is 6.34. The zero-order valence-electron chi connectivity index (χ0n) is 10.9. The van der Waals surface area contributed by atoms with Crippen LogP contribution in [0.1, 0.15) is 34.8 Å². The summed E-state index contributed by atoms with van der Waals surface area (Å²) in [4.78, 5) is 22.2. The zero-order chi connectivity index (χ0) is 13.6. The van der Waals surface area contributed by atoms with Gasteiger partial charge in [-0.05, 0) is 26.7 Å². The van der Waals surface area contributed by atoms with Crippen LogP contribution in [0.3, 0.4) is 0 Å². The number of hydrogen-bond acceptors (Lipinski definition) is 5. The second kappa shape index (κ2) is 4.22. The summed E-state index contributed by atoms with van der Waals surface area (Å²) in [5.41, 5.74) is 0.543. The van der Waals surface area contributed by atoms with Gasteiger partial charge in [-0.3, -0.25) is 0 Å². The standard InChI is InChI=1S/C13H15N3O3/c1-7-9(13(17)18)10-11(16-5-3-4-6-16)14-8(2)15-12(10)19-7/h3-6H2,1-2H3,(H,17,18). The van der Waals surface area contributed by atoms with Crippen molar-refractivity contribution in [3.05, 3.63) is 17.1 Å². The summed E-state index contributed by atoms with van der Waals surface area (Å²) in [6.07, 6.45) is 2.20. The van der Waals surface area contributed by atoms with E-state index < -0.39 is 5.97 Å². The van der Waals surface area contributed by atoms with Gasteiger partial charge < -0.3 is 14.4 Å². The van der Waals surface area contributed by atoms with E-state index in [0.29, 0.717) is 28.5 Å². The maximum Gasteiger partial charge on any atom is 0.340 e. The van der Waals surface area contributed by atoms with Crippen LogP contribution < -0.4 is 4.90 Å². The van der Waals surface area contributed by atoms with Crippen LogP contribution in [0.25, 0.3) is 11.1 Å². The highest BCUT2D eigenvalue weighted by Gasteiger charge is 2.26. The van der Waals surface area contributed by atoms with Crippen molar-refractivity contribution in [3.8, 4) is 0 Å². The number of carboxylic acid groups (broad SMARTS) is 1. The van der Waals surface area contributed by atoms with Gasteiger partial charge in [0.25, 0.3) is 0 Å². The zero-order valence-corrected chi connectivity index (χ0v) is 10.9. The monoisotopic (exact) mass is 261 g/mol. The van der Waals surface area contributed by atoms with Crippen LogP contribution in [0.5, 0.6) is 0 Å². The molecule has 1 fully saturated rings. The highest BCUT2D eigenvalue weighted by molar-refractivity contribution is 6.07. The van der Waals surface area contributed by atoms with Gasteiger partial charge in [0.2, 0.25) is 5.71 Å². The van der Waals surface area contributed by atoms with Gasteiger partial charge in [-0.2, -0.15) is 4.98 Å². The van der Waals surface area contributed by atoms with Crippen molar-refractivity contribution in [2.24, 2.45) is 0 Å². The van der Waals surface area contributed by atoms with Crippen molar-refractivity contribution in [2.75, 3.05) is 18.0 Å². The summed E-state index contributed by atoms with van der Waals surface area (Å²) >= 11 is 0. The van der Waals surface area contributed by atoms with Gasteiger partial charge >= 0.3 is 5.97 Å². The minimum absolute atomic E-state index is 0.178. The Morgan fingerprint density at radius 3 is 2.58 bits per heavy atom. The smallest absolute Gasteiger partial charge is 0.340 e. The number of rotatable bonds is 2. The number of aromatic nitrogens is 2. The average molecular weight is 261 g/mol. The minimum Gasteiger partial charge on any atom is -0.478 e. The molecule has 0 unspecified atom stereocenters. The van der Waals surface area contributed by atoms with Crippen molar-refractivity contribution >= 4 is 22.9 Å². The van der Waals surface area contributed by atoms with E-state index in [0.717, 1.165) is 25.9 Å². The van der Waals surface area contributed by atoms with Crippen molar-refractivity contribution in [1.29, 1.82) is 0 Å². The van der Waals surface area contributed by atoms with Gasteiger partial charge in [-0.1, -0.05) is 0 Å². The van der Waals surface area contributed by atoms with Crippen LogP contribution >= 0.6 is 0 Å². The van der Waals surface area contributed by atoms with Gasteiger partial charge in [0.15, 0.2) is 0 Å². The summed E-state index contributed by atoms with van der Waals surface area (Å²) in [5.74, 6) is 0.668. The Balaban J connectivity index is 2.31. The van der Waals surface area contributed by atoms with Crippen molar-refractivity contribution in [3.63, 3.8) is 0 Å². The lowest BCUT2D eigenvalue weighted by molar-refractivity contribution is 0.0697. The molecule has 1 N–H and O–H groups in total. The molecular weight excluding hydrogens is 246 g/mol. The number of carbonyl (C=O) groups is 1. The second-order valence-corrected chi connectivity index (χ2v) is 4.81. The van der Waals surface area contributed by atoms with E-state index in [4.69, 9.17) is 4.42 Å². The molecule has 2 aromatic heterocycles. The molecule has 0 bridgehead atoms. The van der Waals surface area contributed by atoms with E-state index in [1.54, 1.807) is 13.8 Å². The van der Waals surface area contributed by atoms with Gasteiger partial charge in [0.1, 0.15) is 23.0 Å². The fourth-order valence-electron chi connectivity index (χ4n) is 2.61. The Labute approximate surface area is 110 Å². The Hall–Kier alpha value is -2.11. The third kappa shape index (κ3) is 1.83. The van der Waals surface area contributed by atoms with E-state index >= 15 is 0 Å². The molecule has 0 aromatic carbocycles. The maximum atomic E-state index is 11.4. The predicted molar refractivity (Wildman–Crippen MR) is 69.7 cm³/mol. The van der Waals surface area contributed by atoms with Crippen LogP contribution in [0, 0.1) is 13.8 Å². The number of carboxylic acids is 1. The SMILES string of the molecule is Cc1nc(N2CCCC2)c2c(C(=O)O)c(C)oc2n1. The molecule has 3 heterocycles. The molecule has 0 amide bonds.